The first kappa shape index (κ1) is 14.3. The molecule has 1 unspecified atom stereocenters. The Hall–Kier alpha value is -0.650. The summed E-state index contributed by atoms with van der Waals surface area (Å²) < 4.78 is 0. The number of aromatic nitrogens is 1. The molecule has 0 spiro atoms. The number of rotatable bonds is 6. The molecule has 1 saturated heterocycles. The van der Waals surface area contributed by atoms with Crippen LogP contribution in [0.2, 0.25) is 0 Å². The molecule has 2 heterocycles. The van der Waals surface area contributed by atoms with Gasteiger partial charge in [-0.25, -0.2) is 4.98 Å². The Bertz CT molecular complexity index is 453. The minimum atomic E-state index is 0.644. The van der Waals surface area contributed by atoms with Crippen LogP contribution in [0, 0.1) is 0 Å². The standard InChI is InChI=1S/C15H26N4S/c1-16-9-13-14(11-6-7-11)17-15(20-13)19-8-4-5-12(19)10-18(2)3/h11-12,16H,4-10H2,1-3H3. The summed E-state index contributed by atoms with van der Waals surface area (Å²) in [5.74, 6) is 0.748. The van der Waals surface area contributed by atoms with E-state index in [4.69, 9.17) is 4.98 Å². The van der Waals surface area contributed by atoms with Gasteiger partial charge in [0.25, 0.3) is 0 Å². The third-order valence-corrected chi connectivity index (χ3v) is 5.32. The van der Waals surface area contributed by atoms with Gasteiger partial charge in [0.05, 0.1) is 5.69 Å². The molecule has 1 aromatic heterocycles. The lowest BCUT2D eigenvalue weighted by molar-refractivity contribution is 0.372. The number of hydrogen-bond acceptors (Lipinski definition) is 5. The fourth-order valence-corrected chi connectivity index (χ4v) is 4.39. The van der Waals surface area contributed by atoms with Crippen LogP contribution in [0.1, 0.15) is 42.2 Å². The lowest BCUT2D eigenvalue weighted by Gasteiger charge is -2.26. The Morgan fingerprint density at radius 1 is 1.35 bits per heavy atom. The van der Waals surface area contributed by atoms with Gasteiger partial charge in [0.2, 0.25) is 0 Å². The largest absolute Gasteiger partial charge is 0.344 e. The van der Waals surface area contributed by atoms with Crippen molar-refractivity contribution in [3.05, 3.63) is 10.6 Å². The molecule has 4 nitrogen and oxygen atoms in total. The molecule has 1 N–H and O–H groups in total. The van der Waals surface area contributed by atoms with Gasteiger partial charge in [-0.2, -0.15) is 0 Å². The Morgan fingerprint density at radius 3 is 2.80 bits per heavy atom. The number of likely N-dealkylation sites (N-methyl/N-ethyl adjacent to an activating group) is 1. The lowest BCUT2D eigenvalue weighted by Crippen LogP contribution is -2.37. The van der Waals surface area contributed by atoms with Crippen molar-refractivity contribution in [2.45, 2.75) is 44.2 Å². The highest BCUT2D eigenvalue weighted by molar-refractivity contribution is 7.15. The minimum absolute atomic E-state index is 0.644. The van der Waals surface area contributed by atoms with E-state index in [9.17, 15) is 0 Å². The third kappa shape index (κ3) is 3.00. The van der Waals surface area contributed by atoms with Crippen molar-refractivity contribution in [1.29, 1.82) is 0 Å². The van der Waals surface area contributed by atoms with Crippen LogP contribution in [0.25, 0.3) is 0 Å². The van der Waals surface area contributed by atoms with E-state index in [0.29, 0.717) is 6.04 Å². The van der Waals surface area contributed by atoms with Crippen molar-refractivity contribution in [3.8, 4) is 0 Å². The second kappa shape index (κ2) is 6.00. The van der Waals surface area contributed by atoms with Crippen LogP contribution in [0.5, 0.6) is 0 Å². The van der Waals surface area contributed by atoms with Crippen molar-refractivity contribution in [2.24, 2.45) is 0 Å². The first-order chi connectivity index (χ1) is 9.69. The van der Waals surface area contributed by atoms with Crippen molar-refractivity contribution >= 4 is 16.5 Å². The number of anilines is 1. The highest BCUT2D eigenvalue weighted by Crippen LogP contribution is 2.44. The molecular formula is C15H26N4S. The zero-order valence-electron chi connectivity index (χ0n) is 12.9. The summed E-state index contributed by atoms with van der Waals surface area (Å²) >= 11 is 1.91. The maximum Gasteiger partial charge on any atom is 0.186 e. The first-order valence-corrected chi connectivity index (χ1v) is 8.56. The molecule has 0 bridgehead atoms. The number of thiazole rings is 1. The predicted octanol–water partition coefficient (Wildman–Crippen LogP) is 2.27. The topological polar surface area (TPSA) is 31.4 Å². The van der Waals surface area contributed by atoms with E-state index in [-0.39, 0.29) is 0 Å². The van der Waals surface area contributed by atoms with Gasteiger partial charge >= 0.3 is 0 Å². The van der Waals surface area contributed by atoms with Gasteiger partial charge in [0, 0.05) is 36.5 Å². The smallest absolute Gasteiger partial charge is 0.186 e. The highest BCUT2D eigenvalue weighted by Gasteiger charge is 2.33. The third-order valence-electron chi connectivity index (χ3n) is 4.22. The summed E-state index contributed by atoms with van der Waals surface area (Å²) in [7, 11) is 6.36. The van der Waals surface area contributed by atoms with E-state index in [1.807, 2.05) is 18.4 Å². The van der Waals surface area contributed by atoms with E-state index in [1.54, 1.807) is 0 Å². The molecule has 0 amide bonds. The van der Waals surface area contributed by atoms with Crippen LogP contribution in [0.15, 0.2) is 0 Å². The molecule has 112 valence electrons. The fraction of sp³-hybridized carbons (Fsp3) is 0.800. The second-order valence-corrected chi connectivity index (χ2v) is 7.42. The van der Waals surface area contributed by atoms with Gasteiger partial charge in [-0.1, -0.05) is 0 Å². The minimum Gasteiger partial charge on any atom is -0.344 e. The highest BCUT2D eigenvalue weighted by atomic mass is 32.1. The van der Waals surface area contributed by atoms with Crippen LogP contribution in [-0.4, -0.2) is 50.2 Å². The van der Waals surface area contributed by atoms with Gasteiger partial charge < -0.3 is 15.1 Å². The summed E-state index contributed by atoms with van der Waals surface area (Å²) in [4.78, 5) is 11.3. The average molecular weight is 294 g/mol. The van der Waals surface area contributed by atoms with E-state index < -0.39 is 0 Å². The maximum absolute atomic E-state index is 5.02. The maximum atomic E-state index is 5.02. The number of nitrogens with zero attached hydrogens (tertiary/aromatic N) is 3. The van der Waals surface area contributed by atoms with E-state index >= 15 is 0 Å². The van der Waals surface area contributed by atoms with E-state index in [1.165, 1.54) is 47.9 Å². The van der Waals surface area contributed by atoms with Gasteiger partial charge in [-0.05, 0) is 46.8 Å². The zero-order valence-corrected chi connectivity index (χ0v) is 13.7. The van der Waals surface area contributed by atoms with E-state index in [0.717, 1.165) is 19.0 Å². The van der Waals surface area contributed by atoms with Crippen LogP contribution in [0.4, 0.5) is 5.13 Å². The normalized spacial score (nSPS) is 23.0. The molecule has 1 aliphatic carbocycles. The Morgan fingerprint density at radius 2 is 2.15 bits per heavy atom. The van der Waals surface area contributed by atoms with Crippen molar-refractivity contribution in [3.63, 3.8) is 0 Å². The molecular weight excluding hydrogens is 268 g/mol. The average Bonchev–Trinajstić information content (AvgIpc) is 3.00. The van der Waals surface area contributed by atoms with Crippen molar-refractivity contribution < 1.29 is 0 Å². The monoisotopic (exact) mass is 294 g/mol. The second-order valence-electron chi connectivity index (χ2n) is 6.36. The van der Waals surface area contributed by atoms with Crippen molar-refractivity contribution in [1.82, 2.24) is 15.2 Å². The lowest BCUT2D eigenvalue weighted by atomic mass is 10.2. The molecule has 0 aromatic carbocycles. The molecule has 1 atom stereocenters. The van der Waals surface area contributed by atoms with Gasteiger partial charge in [-0.15, -0.1) is 11.3 Å². The molecule has 1 aromatic rings. The fourth-order valence-electron chi connectivity index (χ4n) is 3.14. The summed E-state index contributed by atoms with van der Waals surface area (Å²) in [6, 6.07) is 0.644. The predicted molar refractivity (Wildman–Crippen MR) is 85.8 cm³/mol. The Labute approximate surface area is 126 Å². The molecule has 1 aliphatic heterocycles. The van der Waals surface area contributed by atoms with Gasteiger partial charge in [0.1, 0.15) is 0 Å². The molecule has 1 saturated carbocycles. The SMILES string of the molecule is CNCc1sc(N2CCCC2CN(C)C)nc1C1CC1. The molecule has 2 fully saturated rings. The van der Waals surface area contributed by atoms with Crippen LogP contribution in [-0.2, 0) is 6.54 Å². The molecule has 20 heavy (non-hydrogen) atoms. The summed E-state index contributed by atoms with van der Waals surface area (Å²) in [5.41, 5.74) is 1.38. The van der Waals surface area contributed by atoms with Gasteiger partial charge in [0.15, 0.2) is 5.13 Å². The number of hydrogen-bond donors (Lipinski definition) is 1. The van der Waals surface area contributed by atoms with Crippen molar-refractivity contribution in [2.75, 3.05) is 39.1 Å². The number of nitrogens with one attached hydrogen (secondary N) is 1. The van der Waals surface area contributed by atoms with Crippen LogP contribution in [0.3, 0.4) is 0 Å². The Kier molecular flexibility index (Phi) is 4.29. The van der Waals surface area contributed by atoms with E-state index in [2.05, 4.69) is 29.2 Å². The zero-order chi connectivity index (χ0) is 14.1. The molecule has 0 radical (unpaired) electrons. The quantitative estimate of drug-likeness (QED) is 0.872. The molecule has 2 aliphatic rings. The van der Waals surface area contributed by atoms with Crippen LogP contribution >= 0.6 is 11.3 Å². The van der Waals surface area contributed by atoms with Crippen LogP contribution < -0.4 is 10.2 Å². The molecule has 5 heteroatoms. The molecule has 3 rings (SSSR count). The van der Waals surface area contributed by atoms with Gasteiger partial charge in [-0.3, -0.25) is 0 Å². The summed E-state index contributed by atoms with van der Waals surface area (Å²) in [6.07, 6.45) is 5.28. The summed E-state index contributed by atoms with van der Waals surface area (Å²) in [5, 5.41) is 4.56. The summed E-state index contributed by atoms with van der Waals surface area (Å²) in [6.45, 7) is 3.28. The Balaban J connectivity index is 1.80. The first-order valence-electron chi connectivity index (χ1n) is 7.74.